The molecule has 0 aliphatic heterocycles. The molecule has 1 atom stereocenters. The second-order valence-corrected chi connectivity index (χ2v) is 8.30. The van der Waals surface area contributed by atoms with Crippen molar-refractivity contribution in [3.8, 4) is 5.75 Å². The number of benzene rings is 1. The summed E-state index contributed by atoms with van der Waals surface area (Å²) in [5.74, 6) is 1.31. The summed E-state index contributed by atoms with van der Waals surface area (Å²) >= 11 is 0. The van der Waals surface area contributed by atoms with E-state index in [0.717, 1.165) is 5.75 Å². The molecule has 1 unspecified atom stereocenters. The first-order valence-corrected chi connectivity index (χ1v) is 12.7. The number of amides is 1. The number of nitrogens with zero attached hydrogens (tertiary/aromatic N) is 2. The van der Waals surface area contributed by atoms with E-state index < -0.39 is 35.6 Å². The number of carbonyl (C=O) groups is 1. The summed E-state index contributed by atoms with van der Waals surface area (Å²) in [6.45, 7) is 3.35. The summed E-state index contributed by atoms with van der Waals surface area (Å²) < 4.78 is 18.9. The molecule has 0 heterocycles. The zero-order valence-corrected chi connectivity index (χ0v) is 22.1. The minimum absolute atomic E-state index is 0.104. The summed E-state index contributed by atoms with van der Waals surface area (Å²) in [4.78, 5) is 37.2. The third-order valence-electron chi connectivity index (χ3n) is 5.17. The van der Waals surface area contributed by atoms with E-state index in [4.69, 9.17) is 4.74 Å². The molecule has 0 saturated heterocycles. The zero-order chi connectivity index (χ0) is 28.4. The minimum atomic E-state index is -1.08. The van der Waals surface area contributed by atoms with Crippen molar-refractivity contribution in [2.24, 2.45) is 5.92 Å². The van der Waals surface area contributed by atoms with Gasteiger partial charge in [0, 0.05) is 0 Å². The van der Waals surface area contributed by atoms with E-state index in [2.05, 4.69) is 41.0 Å². The van der Waals surface area contributed by atoms with Gasteiger partial charge in [0.15, 0.2) is 6.17 Å². The molecule has 214 valence electrons. The lowest BCUT2D eigenvalue weighted by Gasteiger charge is -2.12. The fourth-order valence-corrected chi connectivity index (χ4v) is 3.21. The Morgan fingerprint density at radius 2 is 1.68 bits per heavy atom. The number of ether oxygens (including phenoxy) is 1. The van der Waals surface area contributed by atoms with Crippen molar-refractivity contribution in [1.29, 1.82) is 0 Å². The van der Waals surface area contributed by atoms with Gasteiger partial charge in [0.05, 0.1) is 6.04 Å². The largest absolute Gasteiger partial charge is 0.490 e. The molecule has 1 aromatic carbocycles. The molecular weight excluding hydrogens is 501 g/mol. The van der Waals surface area contributed by atoms with Crippen LogP contribution in [0.15, 0.2) is 54.6 Å². The quantitative estimate of drug-likeness (QED) is 0.0961. The van der Waals surface area contributed by atoms with Crippen LogP contribution in [0.3, 0.4) is 0 Å². The van der Waals surface area contributed by atoms with E-state index in [0.29, 0.717) is 5.92 Å². The van der Waals surface area contributed by atoms with Gasteiger partial charge < -0.3 is 19.7 Å². The third kappa shape index (κ3) is 21.6. The number of hydrogen-bond acceptors (Lipinski definition) is 8. The summed E-state index contributed by atoms with van der Waals surface area (Å²) in [5, 5.41) is 19.4. The van der Waals surface area contributed by atoms with Crippen molar-refractivity contribution in [2.45, 2.75) is 71.0 Å². The van der Waals surface area contributed by atoms with Crippen molar-refractivity contribution in [2.75, 3.05) is 19.8 Å². The van der Waals surface area contributed by atoms with Gasteiger partial charge in [-0.3, -0.25) is 4.79 Å². The molecule has 1 N–H and O–H groups in total. The van der Waals surface area contributed by atoms with Crippen LogP contribution < -0.4 is 10.1 Å². The van der Waals surface area contributed by atoms with Crippen LogP contribution in [-0.4, -0.2) is 48.6 Å². The first-order valence-electron chi connectivity index (χ1n) is 12.7. The Labute approximate surface area is 223 Å². The van der Waals surface area contributed by atoms with E-state index in [1.54, 1.807) is 6.08 Å². The number of para-hydroxylation sites is 1. The van der Waals surface area contributed by atoms with Gasteiger partial charge in [0.1, 0.15) is 25.6 Å². The Hall–Kier alpha value is -3.70. The Morgan fingerprint density at radius 1 is 1.08 bits per heavy atom. The van der Waals surface area contributed by atoms with Gasteiger partial charge in [-0.05, 0) is 44.2 Å². The fraction of sp³-hybridized carbons (Fsp3) is 0.577. The molecule has 0 spiro atoms. The number of hydrogen-bond donors (Lipinski definition) is 1. The van der Waals surface area contributed by atoms with Crippen molar-refractivity contribution in [3.05, 3.63) is 74.9 Å². The third-order valence-corrected chi connectivity index (χ3v) is 5.17. The molecule has 1 saturated carbocycles. The predicted molar refractivity (Wildman–Crippen MR) is 141 cm³/mol. The molecule has 1 aliphatic rings. The van der Waals surface area contributed by atoms with Crippen LogP contribution in [0.5, 0.6) is 5.75 Å². The molecule has 0 bridgehead atoms. The highest BCUT2D eigenvalue weighted by molar-refractivity contribution is 5.46. The Morgan fingerprint density at radius 3 is 2.18 bits per heavy atom. The van der Waals surface area contributed by atoms with Crippen LogP contribution in [0.1, 0.15) is 58.8 Å². The van der Waals surface area contributed by atoms with Crippen LogP contribution in [0.2, 0.25) is 0 Å². The van der Waals surface area contributed by atoms with Gasteiger partial charge in [0.25, 0.3) is 10.2 Å². The molecule has 38 heavy (non-hydrogen) atoms. The summed E-state index contributed by atoms with van der Waals surface area (Å²) in [6.07, 6.45) is 16.1. The molecule has 1 amide bonds. The maximum atomic E-state index is 13.5. The lowest BCUT2D eigenvalue weighted by Crippen LogP contribution is -2.38. The number of allylic oxidation sites excluding steroid dienone is 3. The number of unbranched alkanes of at least 4 members (excludes halogenated alkanes) is 2. The van der Waals surface area contributed by atoms with Gasteiger partial charge in [-0.2, -0.15) is 0 Å². The van der Waals surface area contributed by atoms with Crippen LogP contribution in [0.4, 0.5) is 4.39 Å². The van der Waals surface area contributed by atoms with Gasteiger partial charge in [-0.1, -0.05) is 75.1 Å². The number of nitrogens with one attached hydrogen (secondary N) is 1. The highest BCUT2D eigenvalue weighted by atomic mass is 19.1. The van der Waals surface area contributed by atoms with Crippen LogP contribution in [0, 0.1) is 26.1 Å². The number of halogens is 1. The lowest BCUT2D eigenvalue weighted by molar-refractivity contribution is -0.766. The predicted octanol–water partition coefficient (Wildman–Crippen LogP) is 5.42. The van der Waals surface area contributed by atoms with E-state index in [-0.39, 0.29) is 13.0 Å². The minimum Gasteiger partial charge on any atom is -0.490 e. The first-order chi connectivity index (χ1) is 18.3. The average Bonchev–Trinajstić information content (AvgIpc) is 3.43. The molecule has 2 rings (SSSR count). The zero-order valence-electron chi connectivity index (χ0n) is 22.1. The molecule has 0 radical (unpaired) electrons. The normalized spacial score (nSPS) is 13.7. The maximum Gasteiger partial charge on any atom is 0.294 e. The van der Waals surface area contributed by atoms with Gasteiger partial charge in [0.2, 0.25) is 6.41 Å². The Bertz CT molecular complexity index is 787. The van der Waals surface area contributed by atoms with Gasteiger partial charge >= 0.3 is 0 Å². The Balaban J connectivity index is 0.000000589. The second-order valence-electron chi connectivity index (χ2n) is 8.30. The molecule has 0 aromatic heterocycles. The van der Waals surface area contributed by atoms with Crippen LogP contribution in [0.25, 0.3) is 0 Å². The molecule has 1 aromatic rings. The van der Waals surface area contributed by atoms with E-state index in [1.165, 1.54) is 44.9 Å². The van der Waals surface area contributed by atoms with E-state index in [1.807, 2.05) is 36.4 Å². The maximum absolute atomic E-state index is 13.5. The summed E-state index contributed by atoms with van der Waals surface area (Å²) in [5.41, 5.74) is 0. The smallest absolute Gasteiger partial charge is 0.294 e. The molecule has 12 heteroatoms. The summed E-state index contributed by atoms with van der Waals surface area (Å²) in [6, 6.07) is 8.43. The molecule has 11 nitrogen and oxygen atoms in total. The topological polar surface area (TPSA) is 143 Å². The molecule has 1 fully saturated rings. The first kappa shape index (κ1) is 34.3. The van der Waals surface area contributed by atoms with Gasteiger partial charge in [-0.25, -0.2) is 4.39 Å². The lowest BCUT2D eigenvalue weighted by atomic mass is 10.1. The molecule has 1 aliphatic carbocycles. The van der Waals surface area contributed by atoms with E-state index >= 15 is 0 Å². The number of alkyl halides is 1. The van der Waals surface area contributed by atoms with Crippen molar-refractivity contribution >= 4 is 6.41 Å². The van der Waals surface area contributed by atoms with Gasteiger partial charge in [-0.15, -0.1) is 20.2 Å². The second kappa shape index (κ2) is 23.7. The molecular formula is C26H40FN3O8. The highest BCUT2D eigenvalue weighted by Gasteiger charge is 2.13. The fourth-order valence-electron chi connectivity index (χ4n) is 3.21. The van der Waals surface area contributed by atoms with Crippen molar-refractivity contribution < 1.29 is 33.8 Å². The average molecular weight is 542 g/mol. The van der Waals surface area contributed by atoms with Crippen LogP contribution >= 0.6 is 0 Å². The van der Waals surface area contributed by atoms with Crippen molar-refractivity contribution in [3.63, 3.8) is 0 Å². The monoisotopic (exact) mass is 541 g/mol. The highest BCUT2D eigenvalue weighted by Crippen LogP contribution is 2.25. The Kier molecular flexibility index (Phi) is 21.4. The number of carbonyl (C=O) groups excluding carboxylic acids is 1. The van der Waals surface area contributed by atoms with Crippen LogP contribution in [-0.2, 0) is 14.5 Å². The summed E-state index contributed by atoms with van der Waals surface area (Å²) in [7, 11) is 0. The standard InChI is InChI=1S/C15H19FO.C7H14.C4H7N3O7/c16-14(11-10-13-6-4-5-7-13)12-17-15-8-2-1-3-9-15;1-3-5-7-6-4-2;8-3-5-4(1-13-6(9)10)2-14-7(11)12/h1-3,8-11,13-14H,4-7,12H2;3,5H,4,6-7H2,1-2H3;3-4H,1-2H2,(H,5,8)/b11-10+;5-3-;. The van der Waals surface area contributed by atoms with E-state index in [9.17, 15) is 29.4 Å². The van der Waals surface area contributed by atoms with Crippen molar-refractivity contribution in [1.82, 2.24) is 5.32 Å². The number of rotatable bonds is 16. The SMILES string of the molecule is C/C=C\CCCC.FC(/C=C/C1CCCC1)COc1ccccc1.O=CNC(CO[N+](=O)[O-])CO[N+](=O)[O-].